The summed E-state index contributed by atoms with van der Waals surface area (Å²) in [6.07, 6.45) is 0.419. The molecule has 3 rings (SSSR count). The molecule has 2 N–H and O–H groups in total. The number of rotatable bonds is 4. The second kappa shape index (κ2) is 7.36. The average molecular weight is 370 g/mol. The van der Waals surface area contributed by atoms with Gasteiger partial charge in [0.15, 0.2) is 5.69 Å². The Bertz CT molecular complexity index is 540. The highest BCUT2D eigenvalue weighted by Gasteiger charge is 2.35. The Morgan fingerprint density at radius 1 is 1.35 bits per heavy atom. The number of aromatic nitrogens is 1. The maximum Gasteiger partial charge on any atom is 0.434 e. The third-order valence-electron chi connectivity index (χ3n) is 4.32. The van der Waals surface area contributed by atoms with Crippen LogP contribution in [0.2, 0.25) is 0 Å². The molecule has 2 fully saturated rings. The molecule has 0 spiro atoms. The molecule has 2 aliphatic heterocycles. The molecule has 1 aromatic rings. The lowest BCUT2D eigenvalue weighted by molar-refractivity contribution is -0.140. The fourth-order valence-corrected chi connectivity index (χ4v) is 4.11. The van der Waals surface area contributed by atoms with Crippen LogP contribution in [0.15, 0.2) is 5.38 Å². The van der Waals surface area contributed by atoms with Gasteiger partial charge in [0.25, 0.3) is 0 Å². The third kappa shape index (κ3) is 4.81. The molecule has 2 unspecified atom stereocenters. The summed E-state index contributed by atoms with van der Waals surface area (Å²) in [5.74, 6) is 0.274. The fourth-order valence-electron chi connectivity index (χ4n) is 3.37. The normalized spacial score (nSPS) is 26.7. The number of piperidine rings is 1. The van der Waals surface area contributed by atoms with Crippen molar-refractivity contribution >= 4 is 29.7 Å². The number of amides is 1. The van der Waals surface area contributed by atoms with Crippen LogP contribution in [0.5, 0.6) is 0 Å². The van der Waals surface area contributed by atoms with Crippen LogP contribution in [-0.2, 0) is 17.5 Å². The Hall–Kier alpha value is -0.860. The summed E-state index contributed by atoms with van der Waals surface area (Å²) in [5.41, 5.74) is -0.892. The lowest BCUT2D eigenvalue weighted by atomic mass is 9.89. The zero-order chi connectivity index (χ0) is 15.7. The van der Waals surface area contributed by atoms with Crippen molar-refractivity contribution in [3.63, 3.8) is 0 Å². The summed E-state index contributed by atoms with van der Waals surface area (Å²) in [6, 6.07) is 1.06. The maximum absolute atomic E-state index is 12.4. The third-order valence-corrected chi connectivity index (χ3v) is 5.17. The molecular formula is C14H19ClF3N3OS. The molecule has 2 aliphatic rings. The molecule has 130 valence electrons. The first-order valence-electron chi connectivity index (χ1n) is 7.44. The Labute approximate surface area is 142 Å². The van der Waals surface area contributed by atoms with Crippen molar-refractivity contribution in [1.82, 2.24) is 15.6 Å². The van der Waals surface area contributed by atoms with E-state index in [0.717, 1.165) is 29.6 Å². The van der Waals surface area contributed by atoms with E-state index in [1.54, 1.807) is 0 Å². The van der Waals surface area contributed by atoms with E-state index in [1.165, 1.54) is 12.8 Å². The molecule has 9 heteroatoms. The van der Waals surface area contributed by atoms with E-state index >= 15 is 0 Å². The number of nitrogens with zero attached hydrogens (tertiary/aromatic N) is 1. The minimum Gasteiger partial charge on any atom is -0.350 e. The van der Waals surface area contributed by atoms with Gasteiger partial charge in [0.2, 0.25) is 5.91 Å². The Morgan fingerprint density at radius 2 is 2.00 bits per heavy atom. The van der Waals surface area contributed by atoms with Gasteiger partial charge in [0.05, 0.1) is 6.54 Å². The van der Waals surface area contributed by atoms with Crippen molar-refractivity contribution in [2.75, 3.05) is 0 Å². The van der Waals surface area contributed by atoms with E-state index in [2.05, 4.69) is 15.6 Å². The minimum atomic E-state index is -4.42. The predicted octanol–water partition coefficient (Wildman–Crippen LogP) is 3.12. The molecule has 3 heterocycles. The zero-order valence-corrected chi connectivity index (χ0v) is 14.0. The average Bonchev–Trinajstić information content (AvgIpc) is 3.03. The number of hydrogen-bond acceptors (Lipinski definition) is 4. The van der Waals surface area contributed by atoms with Crippen LogP contribution in [0, 0.1) is 5.92 Å². The Balaban J connectivity index is 0.00000192. The van der Waals surface area contributed by atoms with E-state index in [-0.39, 0.29) is 29.9 Å². The number of thiazole rings is 1. The molecule has 2 saturated heterocycles. The monoisotopic (exact) mass is 369 g/mol. The Kier molecular flexibility index (Phi) is 5.91. The quantitative estimate of drug-likeness (QED) is 0.857. The van der Waals surface area contributed by atoms with Crippen molar-refractivity contribution in [1.29, 1.82) is 0 Å². The summed E-state index contributed by atoms with van der Waals surface area (Å²) in [4.78, 5) is 15.4. The molecule has 0 radical (unpaired) electrons. The molecular weight excluding hydrogens is 351 g/mol. The number of alkyl halides is 3. The molecule has 0 saturated carbocycles. The number of carbonyl (C=O) groups is 1. The van der Waals surface area contributed by atoms with E-state index in [4.69, 9.17) is 0 Å². The van der Waals surface area contributed by atoms with Crippen molar-refractivity contribution in [3.05, 3.63) is 16.1 Å². The van der Waals surface area contributed by atoms with Crippen LogP contribution in [0.25, 0.3) is 0 Å². The van der Waals surface area contributed by atoms with Crippen LogP contribution in [0.3, 0.4) is 0 Å². The zero-order valence-electron chi connectivity index (χ0n) is 12.4. The molecule has 2 atom stereocenters. The highest BCUT2D eigenvalue weighted by molar-refractivity contribution is 7.09. The van der Waals surface area contributed by atoms with Gasteiger partial charge in [-0.2, -0.15) is 13.2 Å². The van der Waals surface area contributed by atoms with Gasteiger partial charge in [0.1, 0.15) is 5.01 Å². The standard InChI is InChI=1S/C14H18F3N3OS.ClH/c15-14(16,17)11-7-22-13(20-11)6-18-12(21)5-8-3-9-1-2-10(4-8)19-9;/h7-10,19H,1-6H2,(H,18,21);1H. The summed E-state index contributed by atoms with van der Waals surface area (Å²) in [7, 11) is 0. The number of fused-ring (bicyclic) bond motifs is 2. The van der Waals surface area contributed by atoms with Crippen LogP contribution in [0.4, 0.5) is 13.2 Å². The number of halogens is 4. The molecule has 0 aromatic carbocycles. The number of hydrogen-bond donors (Lipinski definition) is 2. The van der Waals surface area contributed by atoms with Gasteiger partial charge in [-0.3, -0.25) is 4.79 Å². The predicted molar refractivity (Wildman–Crippen MR) is 83.5 cm³/mol. The smallest absolute Gasteiger partial charge is 0.350 e. The van der Waals surface area contributed by atoms with Gasteiger partial charge in [0, 0.05) is 23.9 Å². The van der Waals surface area contributed by atoms with E-state index in [1.807, 2.05) is 0 Å². The number of carbonyl (C=O) groups excluding carboxylic acids is 1. The molecule has 4 nitrogen and oxygen atoms in total. The summed E-state index contributed by atoms with van der Waals surface area (Å²) < 4.78 is 37.3. The van der Waals surface area contributed by atoms with Gasteiger partial charge in [-0.25, -0.2) is 4.98 Å². The summed E-state index contributed by atoms with van der Waals surface area (Å²) in [6.45, 7) is 0.0669. The largest absolute Gasteiger partial charge is 0.434 e. The van der Waals surface area contributed by atoms with E-state index < -0.39 is 11.9 Å². The molecule has 23 heavy (non-hydrogen) atoms. The van der Waals surface area contributed by atoms with Crippen molar-refractivity contribution in [2.45, 2.75) is 56.9 Å². The number of nitrogens with one attached hydrogen (secondary N) is 2. The SMILES string of the molecule is Cl.O=C(CC1CC2CCC(C1)N2)NCc1nc(C(F)(F)F)cs1. The second-order valence-corrected chi connectivity index (χ2v) is 7.02. The lowest BCUT2D eigenvalue weighted by Crippen LogP contribution is -2.39. The van der Waals surface area contributed by atoms with Gasteiger partial charge >= 0.3 is 6.18 Å². The first kappa shape index (κ1) is 18.5. The first-order chi connectivity index (χ1) is 10.4. The van der Waals surface area contributed by atoms with Crippen molar-refractivity contribution in [3.8, 4) is 0 Å². The summed E-state index contributed by atoms with van der Waals surface area (Å²) in [5, 5.41) is 7.47. The van der Waals surface area contributed by atoms with Crippen LogP contribution in [0.1, 0.15) is 42.8 Å². The minimum absolute atomic E-state index is 0. The van der Waals surface area contributed by atoms with Crippen LogP contribution >= 0.6 is 23.7 Å². The first-order valence-corrected chi connectivity index (χ1v) is 8.32. The maximum atomic E-state index is 12.4. The van der Waals surface area contributed by atoms with Gasteiger partial charge < -0.3 is 10.6 Å². The second-order valence-electron chi connectivity index (χ2n) is 6.08. The topological polar surface area (TPSA) is 54.0 Å². The molecule has 0 aliphatic carbocycles. The van der Waals surface area contributed by atoms with Gasteiger partial charge in [-0.1, -0.05) is 0 Å². The van der Waals surface area contributed by atoms with Crippen LogP contribution in [-0.4, -0.2) is 23.0 Å². The lowest BCUT2D eigenvalue weighted by Gasteiger charge is -2.28. The van der Waals surface area contributed by atoms with E-state index in [0.29, 0.717) is 24.4 Å². The van der Waals surface area contributed by atoms with Crippen molar-refractivity contribution in [2.24, 2.45) is 5.92 Å². The molecule has 1 amide bonds. The van der Waals surface area contributed by atoms with Crippen molar-refractivity contribution < 1.29 is 18.0 Å². The highest BCUT2D eigenvalue weighted by atomic mass is 35.5. The molecule has 1 aromatic heterocycles. The van der Waals surface area contributed by atoms with Gasteiger partial charge in [-0.05, 0) is 31.6 Å². The highest BCUT2D eigenvalue weighted by Crippen LogP contribution is 2.33. The summed E-state index contributed by atoms with van der Waals surface area (Å²) >= 11 is 0.919. The molecule has 2 bridgehead atoms. The Morgan fingerprint density at radius 3 is 2.57 bits per heavy atom. The fraction of sp³-hybridized carbons (Fsp3) is 0.714. The van der Waals surface area contributed by atoms with Gasteiger partial charge in [-0.15, -0.1) is 23.7 Å². The van der Waals surface area contributed by atoms with Crippen LogP contribution < -0.4 is 10.6 Å². The van der Waals surface area contributed by atoms with E-state index in [9.17, 15) is 18.0 Å².